The van der Waals surface area contributed by atoms with Gasteiger partial charge in [-0.15, -0.1) is 0 Å². The zero-order valence-corrected chi connectivity index (χ0v) is 8.06. The van der Waals surface area contributed by atoms with Crippen LogP contribution < -0.4 is 0 Å². The van der Waals surface area contributed by atoms with Crippen molar-refractivity contribution >= 4 is 22.5 Å². The van der Waals surface area contributed by atoms with Crippen LogP contribution in [0, 0.1) is 0 Å². The van der Waals surface area contributed by atoms with Crippen LogP contribution in [-0.2, 0) is 0 Å². The van der Waals surface area contributed by atoms with Crippen LogP contribution in [0.5, 0.6) is 0 Å². The van der Waals surface area contributed by atoms with Crippen molar-refractivity contribution in [3.63, 3.8) is 0 Å². The van der Waals surface area contributed by atoms with Gasteiger partial charge in [-0.2, -0.15) is 0 Å². The SMILES string of the molecule is C=C(C)[C](C)(C)[Sn]. The molecular formula is C6H11Sn. The van der Waals surface area contributed by atoms with Gasteiger partial charge >= 0.3 is 58.9 Å². The Bertz CT molecular complexity index is 76.7. The van der Waals surface area contributed by atoms with E-state index in [-0.39, 0.29) is 0 Å². The quantitative estimate of drug-likeness (QED) is 0.450. The van der Waals surface area contributed by atoms with Crippen molar-refractivity contribution in [3.8, 4) is 0 Å². The van der Waals surface area contributed by atoms with E-state index < -0.39 is 0 Å². The molecule has 0 rings (SSSR count). The van der Waals surface area contributed by atoms with Gasteiger partial charge in [0.1, 0.15) is 0 Å². The zero-order valence-electron chi connectivity index (χ0n) is 5.21. The fourth-order valence-corrected chi connectivity index (χ4v) is 0. The molecule has 1 heteroatoms. The first kappa shape index (κ1) is 7.54. The van der Waals surface area contributed by atoms with Gasteiger partial charge < -0.3 is 0 Å². The standard InChI is InChI=1S/C6H11.Sn/c1-5(2)6(3)4;/h1H2,2-4H3;. The third kappa shape index (κ3) is 3.15. The summed E-state index contributed by atoms with van der Waals surface area (Å²) in [6, 6.07) is 0. The molecule has 0 amide bonds. The Labute approximate surface area is 59.1 Å². The van der Waals surface area contributed by atoms with Crippen molar-refractivity contribution in [2.24, 2.45) is 0 Å². The predicted octanol–water partition coefficient (Wildman–Crippen LogP) is 1.93. The van der Waals surface area contributed by atoms with E-state index in [2.05, 4.69) is 27.4 Å². The minimum atomic E-state index is 0.396. The Kier molecular flexibility index (Phi) is 2.37. The normalized spacial score (nSPS) is 11.4. The van der Waals surface area contributed by atoms with E-state index in [1.54, 1.807) is 22.5 Å². The fraction of sp³-hybridized carbons (Fsp3) is 0.667. The van der Waals surface area contributed by atoms with Crippen LogP contribution in [0.25, 0.3) is 0 Å². The van der Waals surface area contributed by atoms with Gasteiger partial charge in [0.15, 0.2) is 0 Å². The van der Waals surface area contributed by atoms with E-state index in [1.165, 1.54) is 5.57 Å². The summed E-state index contributed by atoms with van der Waals surface area (Å²) in [6.45, 7) is 10.3. The summed E-state index contributed by atoms with van der Waals surface area (Å²) < 4.78 is 0.396. The van der Waals surface area contributed by atoms with Gasteiger partial charge in [-0.1, -0.05) is 0 Å². The van der Waals surface area contributed by atoms with Gasteiger partial charge in [-0.05, 0) is 0 Å². The molecule has 0 aromatic heterocycles. The molecule has 0 aliphatic rings. The molecule has 0 saturated carbocycles. The summed E-state index contributed by atoms with van der Waals surface area (Å²) in [6.07, 6.45) is 0. The minimum absolute atomic E-state index is 0.396. The van der Waals surface area contributed by atoms with Gasteiger partial charge in [0, 0.05) is 0 Å². The first-order chi connectivity index (χ1) is 2.94. The summed E-state index contributed by atoms with van der Waals surface area (Å²) >= 11 is 1.55. The van der Waals surface area contributed by atoms with Gasteiger partial charge in [0.05, 0.1) is 0 Å². The second-order valence-corrected chi connectivity index (χ2v) is 5.97. The van der Waals surface area contributed by atoms with Crippen LogP contribution in [0.3, 0.4) is 0 Å². The Morgan fingerprint density at radius 3 is 1.71 bits per heavy atom. The maximum absolute atomic E-state index is 3.85. The van der Waals surface area contributed by atoms with Gasteiger partial charge in [-0.25, -0.2) is 0 Å². The number of hydrogen-bond donors (Lipinski definition) is 0. The van der Waals surface area contributed by atoms with Crippen LogP contribution in [0.15, 0.2) is 12.2 Å². The van der Waals surface area contributed by atoms with Crippen molar-refractivity contribution in [3.05, 3.63) is 12.2 Å². The van der Waals surface area contributed by atoms with Gasteiger partial charge in [-0.3, -0.25) is 0 Å². The molecule has 0 nitrogen and oxygen atoms in total. The van der Waals surface area contributed by atoms with Crippen LogP contribution >= 0.6 is 0 Å². The zero-order chi connectivity index (χ0) is 6.08. The fourth-order valence-electron chi connectivity index (χ4n) is 0. The molecular weight excluding hydrogens is 191 g/mol. The van der Waals surface area contributed by atoms with Gasteiger partial charge in [0.2, 0.25) is 0 Å². The molecule has 0 N–H and O–H groups in total. The molecule has 0 atom stereocenters. The first-order valence-electron chi connectivity index (χ1n) is 2.35. The predicted molar refractivity (Wildman–Crippen MR) is 34.6 cm³/mol. The third-order valence-corrected chi connectivity index (χ3v) is 2.29. The summed E-state index contributed by atoms with van der Waals surface area (Å²) in [5.41, 5.74) is 1.28. The molecule has 0 aliphatic heterocycles. The summed E-state index contributed by atoms with van der Waals surface area (Å²) in [4.78, 5) is 0. The number of rotatable bonds is 1. The molecule has 0 fully saturated rings. The number of hydrogen-bond acceptors (Lipinski definition) is 0. The van der Waals surface area contributed by atoms with Crippen LogP contribution in [0.4, 0.5) is 0 Å². The first-order valence-corrected chi connectivity index (χ1v) is 3.78. The monoisotopic (exact) mass is 203 g/mol. The average molecular weight is 202 g/mol. The molecule has 0 heterocycles. The molecule has 0 aromatic rings. The van der Waals surface area contributed by atoms with E-state index in [4.69, 9.17) is 0 Å². The Morgan fingerprint density at radius 1 is 1.57 bits per heavy atom. The maximum atomic E-state index is 3.85. The second-order valence-electron chi connectivity index (χ2n) is 2.41. The van der Waals surface area contributed by atoms with Crippen molar-refractivity contribution in [2.45, 2.75) is 24.2 Å². The summed E-state index contributed by atoms with van der Waals surface area (Å²) in [5, 5.41) is 0. The van der Waals surface area contributed by atoms with Crippen LogP contribution in [-0.4, -0.2) is 22.5 Å². The topological polar surface area (TPSA) is 0 Å². The van der Waals surface area contributed by atoms with Crippen molar-refractivity contribution < 1.29 is 0 Å². The molecule has 39 valence electrons. The van der Waals surface area contributed by atoms with Gasteiger partial charge in [0.25, 0.3) is 0 Å². The molecule has 3 radical (unpaired) electrons. The summed E-state index contributed by atoms with van der Waals surface area (Å²) in [5.74, 6) is 0. The van der Waals surface area contributed by atoms with Crippen molar-refractivity contribution in [1.82, 2.24) is 0 Å². The van der Waals surface area contributed by atoms with E-state index in [0.29, 0.717) is 3.43 Å². The number of allylic oxidation sites excluding steroid dienone is 1. The average Bonchev–Trinajstić information content (AvgIpc) is 1.31. The Balaban J connectivity index is 3.79. The van der Waals surface area contributed by atoms with Crippen LogP contribution in [0.1, 0.15) is 20.8 Å². The molecule has 0 aliphatic carbocycles. The van der Waals surface area contributed by atoms with Crippen molar-refractivity contribution in [1.29, 1.82) is 0 Å². The molecule has 0 spiro atoms. The Hall–Kier alpha value is 0.539. The van der Waals surface area contributed by atoms with Crippen molar-refractivity contribution in [2.75, 3.05) is 0 Å². The molecule has 0 unspecified atom stereocenters. The summed E-state index contributed by atoms with van der Waals surface area (Å²) in [7, 11) is 0. The van der Waals surface area contributed by atoms with E-state index in [0.717, 1.165) is 0 Å². The molecule has 0 aromatic carbocycles. The van der Waals surface area contributed by atoms with Crippen LogP contribution in [0.2, 0.25) is 3.43 Å². The van der Waals surface area contributed by atoms with E-state index >= 15 is 0 Å². The van der Waals surface area contributed by atoms with E-state index in [9.17, 15) is 0 Å². The second kappa shape index (κ2) is 2.20. The molecule has 7 heavy (non-hydrogen) atoms. The molecule has 0 bridgehead atoms. The Morgan fingerprint density at radius 2 is 1.71 bits per heavy atom. The molecule has 0 saturated heterocycles. The third-order valence-electron chi connectivity index (χ3n) is 1.07. The van der Waals surface area contributed by atoms with E-state index in [1.807, 2.05) is 0 Å².